The Balaban J connectivity index is 2.43. The highest BCUT2D eigenvalue weighted by atomic mass is 32.2. The molecule has 13 heteroatoms. The van der Waals surface area contributed by atoms with Gasteiger partial charge in [0.05, 0.1) is 10.6 Å². The summed E-state index contributed by atoms with van der Waals surface area (Å²) in [7, 11) is -3.49. The van der Waals surface area contributed by atoms with Crippen molar-refractivity contribution in [3.8, 4) is 11.4 Å². The molecule has 0 bridgehead atoms. The van der Waals surface area contributed by atoms with E-state index in [1.165, 1.54) is 24.3 Å². The van der Waals surface area contributed by atoms with E-state index in [2.05, 4.69) is 14.7 Å². The third kappa shape index (κ3) is 5.60. The summed E-state index contributed by atoms with van der Waals surface area (Å²) in [5.41, 5.74) is -1.72. The largest absolute Gasteiger partial charge is 0.480 e. The summed E-state index contributed by atoms with van der Waals surface area (Å²) >= 11 is 0.672. The number of aliphatic carboxylic acids is 1. The first-order valence-corrected chi connectivity index (χ1v) is 10.0. The van der Waals surface area contributed by atoms with Crippen LogP contribution in [-0.2, 0) is 14.6 Å². The van der Waals surface area contributed by atoms with Crippen molar-refractivity contribution in [1.82, 2.24) is 14.7 Å². The molecule has 0 unspecified atom stereocenters. The van der Waals surface area contributed by atoms with Gasteiger partial charge in [0.1, 0.15) is 12.3 Å². The zero-order valence-corrected chi connectivity index (χ0v) is 15.7. The minimum absolute atomic E-state index is 0.0139. The maximum Gasteiger partial charge on any atom is 0.432 e. The second kappa shape index (κ2) is 8.06. The first kappa shape index (κ1) is 21.5. The van der Waals surface area contributed by atoms with E-state index < -0.39 is 34.2 Å². The minimum atomic E-state index is -4.92. The number of benzene rings is 1. The molecule has 1 aromatic heterocycles. The van der Waals surface area contributed by atoms with Crippen LogP contribution in [0.2, 0.25) is 0 Å². The first-order chi connectivity index (χ1) is 12.9. The lowest BCUT2D eigenvalue weighted by Gasteiger charge is -2.08. The highest BCUT2D eigenvalue weighted by Gasteiger charge is 2.33. The maximum atomic E-state index is 12.6. The summed E-state index contributed by atoms with van der Waals surface area (Å²) in [5.74, 6) is -1.28. The smallest absolute Gasteiger partial charge is 0.432 e. The third-order valence-electron chi connectivity index (χ3n) is 3.20. The molecule has 0 radical (unpaired) electrons. The number of hydrogen-bond acceptors (Lipinski definition) is 8. The molecular weight excluding hydrogens is 421 g/mol. The fourth-order valence-electron chi connectivity index (χ4n) is 1.90. The zero-order valence-electron chi connectivity index (χ0n) is 14.1. The number of alkyl halides is 3. The summed E-state index contributed by atoms with van der Waals surface area (Å²) in [4.78, 5) is 14.8. The van der Waals surface area contributed by atoms with Crippen LogP contribution in [0.5, 0.6) is 0 Å². The van der Waals surface area contributed by atoms with Crippen molar-refractivity contribution in [2.45, 2.75) is 11.1 Å². The van der Waals surface area contributed by atoms with Crippen LogP contribution in [-0.4, -0.2) is 53.5 Å². The summed E-state index contributed by atoms with van der Waals surface area (Å²) < 4.78 is 65.2. The Hall–Kier alpha value is -2.80. The Labute approximate surface area is 161 Å². The van der Waals surface area contributed by atoms with Gasteiger partial charge in [-0.25, -0.2) is 13.4 Å². The predicted octanol–water partition coefficient (Wildman–Crippen LogP) is 2.21. The van der Waals surface area contributed by atoms with Crippen molar-refractivity contribution in [3.63, 3.8) is 0 Å². The van der Waals surface area contributed by atoms with E-state index in [9.17, 15) is 26.4 Å². The van der Waals surface area contributed by atoms with Gasteiger partial charge in [-0.15, -0.1) is 0 Å². The molecule has 0 aliphatic carbocycles. The summed E-state index contributed by atoms with van der Waals surface area (Å²) in [5, 5.41) is 18.0. The number of nitrogens with one attached hydrogen (secondary N) is 2. The summed E-state index contributed by atoms with van der Waals surface area (Å²) in [6.07, 6.45) is -3.49. The molecule has 28 heavy (non-hydrogen) atoms. The average Bonchev–Trinajstić information content (AvgIpc) is 3.06. The third-order valence-corrected chi connectivity index (χ3v) is 5.06. The van der Waals surface area contributed by atoms with Crippen LogP contribution in [0.15, 0.2) is 35.2 Å². The number of carbonyl (C=O) groups is 1. The molecule has 0 saturated heterocycles. The molecule has 0 atom stereocenters. The van der Waals surface area contributed by atoms with E-state index in [-0.39, 0.29) is 21.4 Å². The van der Waals surface area contributed by atoms with Crippen molar-refractivity contribution in [1.29, 1.82) is 5.41 Å². The Morgan fingerprint density at radius 2 is 2.07 bits per heavy atom. The quantitative estimate of drug-likeness (QED) is 0.569. The van der Waals surface area contributed by atoms with Gasteiger partial charge in [-0.1, -0.05) is 12.1 Å². The fourth-order valence-corrected chi connectivity index (χ4v) is 3.24. The second-order valence-corrected chi connectivity index (χ2v) is 8.21. The highest BCUT2D eigenvalue weighted by Crippen LogP contribution is 2.25. The molecule has 150 valence electrons. The van der Waals surface area contributed by atoms with E-state index in [0.717, 1.165) is 6.26 Å². The van der Waals surface area contributed by atoms with Crippen LogP contribution in [0.25, 0.3) is 17.1 Å². The molecule has 0 spiro atoms. The van der Waals surface area contributed by atoms with Gasteiger partial charge in [0.2, 0.25) is 0 Å². The molecule has 0 saturated carbocycles. The molecule has 1 aromatic carbocycles. The minimum Gasteiger partial charge on any atom is -0.480 e. The highest BCUT2D eigenvalue weighted by molar-refractivity contribution is 7.90. The van der Waals surface area contributed by atoms with Crippen LogP contribution in [0.3, 0.4) is 0 Å². The maximum absolute atomic E-state index is 12.6. The van der Waals surface area contributed by atoms with Crippen molar-refractivity contribution < 1.29 is 31.5 Å². The number of halogens is 3. The Kier molecular flexibility index (Phi) is 6.19. The lowest BCUT2D eigenvalue weighted by atomic mass is 10.2. The van der Waals surface area contributed by atoms with Gasteiger partial charge >= 0.3 is 12.1 Å². The van der Waals surface area contributed by atoms with Crippen LogP contribution in [0.4, 0.5) is 13.2 Å². The predicted molar refractivity (Wildman–Crippen MR) is 95.9 cm³/mol. The summed E-state index contributed by atoms with van der Waals surface area (Å²) in [6, 6.07) is 5.67. The van der Waals surface area contributed by atoms with Gasteiger partial charge in [0.25, 0.3) is 0 Å². The lowest BCUT2D eigenvalue weighted by molar-refractivity contribution is -0.135. The topological polar surface area (TPSA) is 133 Å². The number of aromatic nitrogens is 2. The standard InChI is InChI=1S/C15H13F3N4O4S2/c1-28(25,26)9-4-2-3-8(5-9)13-21-14(27-22-13)10(20-7-12(23)24)6-11(19)15(16,17)18/h2-6,19-20H,7H2,1H3,(H,23,24)/b10-6-,19-11?. The molecule has 0 aliphatic rings. The van der Waals surface area contributed by atoms with Crippen molar-refractivity contribution in [3.05, 3.63) is 35.3 Å². The molecule has 3 N–H and O–H groups in total. The van der Waals surface area contributed by atoms with Crippen LogP contribution >= 0.6 is 11.5 Å². The van der Waals surface area contributed by atoms with Gasteiger partial charge in [-0.2, -0.15) is 17.5 Å². The molecule has 0 aliphatic heterocycles. The molecular formula is C15H13F3N4O4S2. The Morgan fingerprint density at radius 1 is 1.39 bits per heavy atom. The molecule has 8 nitrogen and oxygen atoms in total. The van der Waals surface area contributed by atoms with Gasteiger partial charge in [-0.3, -0.25) is 10.2 Å². The molecule has 2 rings (SSSR count). The number of nitrogens with zero attached hydrogens (tertiary/aromatic N) is 2. The monoisotopic (exact) mass is 434 g/mol. The van der Waals surface area contributed by atoms with E-state index in [1.54, 1.807) is 0 Å². The number of hydrogen-bond donors (Lipinski definition) is 3. The number of sulfone groups is 1. The zero-order chi connectivity index (χ0) is 21.1. The average molecular weight is 434 g/mol. The Morgan fingerprint density at radius 3 is 2.64 bits per heavy atom. The van der Waals surface area contributed by atoms with Gasteiger partial charge in [-0.05, 0) is 29.7 Å². The second-order valence-electron chi connectivity index (χ2n) is 5.44. The SMILES string of the molecule is CS(=O)(=O)c1cccc(-c2nsc(/C(=C/C(=N)C(F)(F)F)NCC(=O)O)n2)c1. The van der Waals surface area contributed by atoms with Crippen LogP contribution in [0.1, 0.15) is 5.01 Å². The van der Waals surface area contributed by atoms with Crippen molar-refractivity contribution in [2.24, 2.45) is 0 Å². The van der Waals surface area contributed by atoms with Crippen molar-refractivity contribution >= 4 is 38.7 Å². The van der Waals surface area contributed by atoms with Gasteiger partial charge < -0.3 is 10.4 Å². The van der Waals surface area contributed by atoms with E-state index in [4.69, 9.17) is 10.5 Å². The normalized spacial score (nSPS) is 12.6. The van der Waals surface area contributed by atoms with E-state index in [0.29, 0.717) is 23.2 Å². The van der Waals surface area contributed by atoms with E-state index in [1.807, 2.05) is 0 Å². The van der Waals surface area contributed by atoms with Crippen LogP contribution in [0, 0.1) is 5.41 Å². The lowest BCUT2D eigenvalue weighted by Crippen LogP contribution is -2.25. The summed E-state index contributed by atoms with van der Waals surface area (Å²) in [6.45, 7) is -0.699. The van der Waals surface area contributed by atoms with Crippen molar-refractivity contribution in [2.75, 3.05) is 12.8 Å². The number of rotatable bonds is 7. The molecule has 1 heterocycles. The number of allylic oxidation sites excluding steroid dienone is 1. The molecule has 0 fully saturated rings. The Bertz CT molecular complexity index is 1050. The van der Waals surface area contributed by atoms with Gasteiger partial charge in [0, 0.05) is 11.8 Å². The number of carboxylic acid groups (broad SMARTS) is 1. The van der Waals surface area contributed by atoms with Crippen LogP contribution < -0.4 is 5.32 Å². The first-order valence-electron chi connectivity index (χ1n) is 7.35. The van der Waals surface area contributed by atoms with E-state index >= 15 is 0 Å². The molecule has 0 amide bonds. The van der Waals surface area contributed by atoms with Gasteiger partial charge in [0.15, 0.2) is 20.7 Å². The fraction of sp³-hybridized carbons (Fsp3) is 0.200. The number of carboxylic acids is 1. The molecule has 2 aromatic rings.